The van der Waals surface area contributed by atoms with Crippen molar-refractivity contribution in [2.45, 2.75) is 51.0 Å². The summed E-state index contributed by atoms with van der Waals surface area (Å²) in [5.74, 6) is 0. The van der Waals surface area contributed by atoms with Crippen molar-refractivity contribution in [2.24, 2.45) is 0 Å². The van der Waals surface area contributed by atoms with Gasteiger partial charge >= 0.3 is 0 Å². The van der Waals surface area contributed by atoms with Crippen LogP contribution in [0.5, 0.6) is 0 Å². The fourth-order valence-corrected chi connectivity index (χ4v) is 4.15. The lowest BCUT2D eigenvalue weighted by atomic mass is 10.0. The smallest absolute Gasteiger partial charge is 0.279 e. The Morgan fingerprint density at radius 2 is 1.83 bits per heavy atom. The molecule has 0 aliphatic carbocycles. The summed E-state index contributed by atoms with van der Waals surface area (Å²) in [5, 5.41) is 3.38. The van der Waals surface area contributed by atoms with E-state index in [0.717, 1.165) is 45.1 Å². The lowest BCUT2D eigenvalue weighted by Gasteiger charge is -2.27. The molecule has 2 heterocycles. The minimum absolute atomic E-state index is 0.0705. The van der Waals surface area contributed by atoms with Gasteiger partial charge in [0, 0.05) is 25.2 Å². The fourth-order valence-electron chi connectivity index (χ4n) is 2.73. The molecule has 0 aromatic carbocycles. The Bertz CT molecular complexity index is 356. The van der Waals surface area contributed by atoms with Crippen LogP contribution >= 0.6 is 0 Å². The molecule has 6 heteroatoms. The van der Waals surface area contributed by atoms with E-state index in [4.69, 9.17) is 0 Å². The van der Waals surface area contributed by atoms with E-state index in [1.165, 1.54) is 0 Å². The van der Waals surface area contributed by atoms with E-state index in [2.05, 4.69) is 17.0 Å². The Kier molecular flexibility index (Phi) is 4.64. The largest absolute Gasteiger partial charge is 0.310 e. The minimum atomic E-state index is -3.29. The van der Waals surface area contributed by atoms with Crippen LogP contribution < -0.4 is 10.0 Å². The molecule has 18 heavy (non-hydrogen) atoms. The van der Waals surface area contributed by atoms with Crippen molar-refractivity contribution < 1.29 is 8.42 Å². The number of hydrogen-bond donors (Lipinski definition) is 2. The number of nitrogens with one attached hydrogen (secondary N) is 2. The van der Waals surface area contributed by atoms with Gasteiger partial charge in [0.25, 0.3) is 10.2 Å². The summed E-state index contributed by atoms with van der Waals surface area (Å²) in [5.41, 5.74) is -0.0705. The van der Waals surface area contributed by atoms with E-state index in [1.54, 1.807) is 4.31 Å². The van der Waals surface area contributed by atoms with Gasteiger partial charge in [-0.3, -0.25) is 0 Å². The van der Waals surface area contributed by atoms with Crippen LogP contribution in [0.3, 0.4) is 0 Å². The molecule has 2 saturated heterocycles. The molecule has 0 radical (unpaired) electrons. The first-order valence-corrected chi connectivity index (χ1v) is 8.46. The third-order valence-electron chi connectivity index (χ3n) is 4.01. The van der Waals surface area contributed by atoms with Crippen LogP contribution in [0.1, 0.15) is 45.4 Å². The lowest BCUT2D eigenvalue weighted by molar-refractivity contribution is 0.382. The van der Waals surface area contributed by atoms with Crippen molar-refractivity contribution in [1.29, 1.82) is 0 Å². The van der Waals surface area contributed by atoms with Gasteiger partial charge in [-0.2, -0.15) is 12.7 Å². The number of rotatable bonds is 4. The quantitative estimate of drug-likeness (QED) is 0.799. The molecule has 0 bridgehead atoms. The molecule has 1 atom stereocenters. The Morgan fingerprint density at radius 3 is 2.39 bits per heavy atom. The second-order valence-corrected chi connectivity index (χ2v) is 7.49. The standard InChI is InChI=1S/C12H25N3O2S/c1-12(7-6-8-13-12)11-14-18(16,17)15-9-4-2-3-5-10-15/h13-14H,2-11H2,1H3. The minimum Gasteiger partial charge on any atom is -0.310 e. The summed E-state index contributed by atoms with van der Waals surface area (Å²) in [7, 11) is -3.29. The van der Waals surface area contributed by atoms with Crippen LogP contribution in [0, 0.1) is 0 Å². The highest BCUT2D eigenvalue weighted by Gasteiger charge is 2.31. The molecule has 2 N–H and O–H groups in total. The average molecular weight is 275 g/mol. The molecule has 0 saturated carbocycles. The van der Waals surface area contributed by atoms with Crippen LogP contribution in [-0.2, 0) is 10.2 Å². The highest BCUT2D eigenvalue weighted by molar-refractivity contribution is 7.87. The Labute approximate surface area is 110 Å². The molecule has 106 valence electrons. The van der Waals surface area contributed by atoms with E-state index in [9.17, 15) is 8.42 Å². The van der Waals surface area contributed by atoms with Gasteiger partial charge in [0.15, 0.2) is 0 Å². The molecule has 2 aliphatic rings. The molecule has 0 aromatic rings. The van der Waals surface area contributed by atoms with Crippen molar-refractivity contribution in [1.82, 2.24) is 14.3 Å². The van der Waals surface area contributed by atoms with E-state index in [0.29, 0.717) is 19.6 Å². The zero-order valence-electron chi connectivity index (χ0n) is 11.2. The second kappa shape index (κ2) is 5.86. The van der Waals surface area contributed by atoms with E-state index < -0.39 is 10.2 Å². The monoisotopic (exact) mass is 275 g/mol. The van der Waals surface area contributed by atoms with Gasteiger partial charge in [-0.05, 0) is 39.2 Å². The van der Waals surface area contributed by atoms with Crippen molar-refractivity contribution in [3.63, 3.8) is 0 Å². The maximum absolute atomic E-state index is 12.2. The molecule has 2 rings (SSSR count). The molecule has 0 amide bonds. The Morgan fingerprint density at radius 1 is 1.17 bits per heavy atom. The summed E-state index contributed by atoms with van der Waals surface area (Å²) in [4.78, 5) is 0. The third-order valence-corrected chi connectivity index (χ3v) is 5.56. The van der Waals surface area contributed by atoms with Gasteiger partial charge < -0.3 is 5.32 Å². The normalized spacial score (nSPS) is 31.4. The van der Waals surface area contributed by atoms with Crippen molar-refractivity contribution >= 4 is 10.2 Å². The maximum atomic E-state index is 12.2. The van der Waals surface area contributed by atoms with Gasteiger partial charge in [0.2, 0.25) is 0 Å². The van der Waals surface area contributed by atoms with Crippen LogP contribution in [0.25, 0.3) is 0 Å². The van der Waals surface area contributed by atoms with Crippen molar-refractivity contribution in [2.75, 3.05) is 26.2 Å². The fraction of sp³-hybridized carbons (Fsp3) is 1.00. The van der Waals surface area contributed by atoms with Gasteiger partial charge in [0.1, 0.15) is 0 Å². The molecule has 5 nitrogen and oxygen atoms in total. The molecular weight excluding hydrogens is 250 g/mol. The first-order chi connectivity index (χ1) is 8.52. The zero-order chi connectivity index (χ0) is 13.1. The van der Waals surface area contributed by atoms with Crippen molar-refractivity contribution in [3.05, 3.63) is 0 Å². The molecule has 0 aromatic heterocycles. The first kappa shape index (κ1) is 14.2. The highest BCUT2D eigenvalue weighted by atomic mass is 32.2. The second-order valence-electron chi connectivity index (χ2n) is 5.73. The molecule has 1 unspecified atom stereocenters. The maximum Gasteiger partial charge on any atom is 0.279 e. The third kappa shape index (κ3) is 3.66. The highest BCUT2D eigenvalue weighted by Crippen LogP contribution is 2.18. The van der Waals surface area contributed by atoms with Gasteiger partial charge in [-0.25, -0.2) is 4.72 Å². The SMILES string of the molecule is CC1(CNS(=O)(=O)N2CCCCCC2)CCCN1. The van der Waals surface area contributed by atoms with Crippen LogP contribution in [-0.4, -0.2) is 44.4 Å². The van der Waals surface area contributed by atoms with E-state index >= 15 is 0 Å². The summed E-state index contributed by atoms with van der Waals surface area (Å²) in [6, 6.07) is 0. The summed E-state index contributed by atoms with van der Waals surface area (Å²) in [6.07, 6.45) is 6.42. The van der Waals surface area contributed by atoms with Crippen LogP contribution in [0.15, 0.2) is 0 Å². The van der Waals surface area contributed by atoms with Crippen molar-refractivity contribution in [3.8, 4) is 0 Å². The summed E-state index contributed by atoms with van der Waals surface area (Å²) >= 11 is 0. The Hall–Kier alpha value is -0.170. The molecular formula is C12H25N3O2S. The van der Waals surface area contributed by atoms with E-state index in [1.807, 2.05) is 0 Å². The predicted octanol–water partition coefficient (Wildman–Crippen LogP) is 0.839. The summed E-state index contributed by atoms with van der Waals surface area (Å²) in [6.45, 7) is 4.90. The molecule has 2 aliphatic heterocycles. The van der Waals surface area contributed by atoms with Crippen LogP contribution in [0.2, 0.25) is 0 Å². The van der Waals surface area contributed by atoms with Gasteiger partial charge in [0.05, 0.1) is 0 Å². The van der Waals surface area contributed by atoms with Gasteiger partial charge in [-0.15, -0.1) is 0 Å². The van der Waals surface area contributed by atoms with Crippen LogP contribution in [0.4, 0.5) is 0 Å². The molecule has 0 spiro atoms. The molecule has 2 fully saturated rings. The Balaban J connectivity index is 1.89. The number of nitrogens with zero attached hydrogens (tertiary/aromatic N) is 1. The topological polar surface area (TPSA) is 61.4 Å². The van der Waals surface area contributed by atoms with E-state index in [-0.39, 0.29) is 5.54 Å². The van der Waals surface area contributed by atoms with Gasteiger partial charge in [-0.1, -0.05) is 12.8 Å². The predicted molar refractivity (Wildman–Crippen MR) is 72.6 cm³/mol. The number of hydrogen-bond acceptors (Lipinski definition) is 3. The average Bonchev–Trinajstić information content (AvgIpc) is 2.61. The first-order valence-electron chi connectivity index (χ1n) is 7.02. The lowest BCUT2D eigenvalue weighted by Crippen LogP contribution is -2.51. The summed E-state index contributed by atoms with van der Waals surface area (Å²) < 4.78 is 28.8. The zero-order valence-corrected chi connectivity index (χ0v) is 12.1.